The molecular weight excluding hydrogens is 578 g/mol. The molecule has 8 nitrogen and oxygen atoms in total. The topological polar surface area (TPSA) is 97.8 Å². The van der Waals surface area contributed by atoms with Gasteiger partial charge in [0, 0.05) is 23.8 Å². The molecule has 1 amide bonds. The third-order valence-electron chi connectivity index (χ3n) is 9.14. The third kappa shape index (κ3) is 10.1. The zero-order valence-electron chi connectivity index (χ0n) is 28.1. The molecule has 248 valence electrons. The summed E-state index contributed by atoms with van der Waals surface area (Å²) in [5.41, 5.74) is 2.61. The highest BCUT2D eigenvalue weighted by atomic mass is 16.5. The predicted molar refractivity (Wildman–Crippen MR) is 183 cm³/mol. The van der Waals surface area contributed by atoms with Gasteiger partial charge in [0.25, 0.3) is 5.91 Å². The van der Waals surface area contributed by atoms with E-state index in [1.54, 1.807) is 13.2 Å². The van der Waals surface area contributed by atoms with E-state index in [0.29, 0.717) is 28.6 Å². The second-order valence-corrected chi connectivity index (χ2v) is 12.6. The number of methoxy groups -OCH3 is 1. The number of rotatable bonds is 17. The first-order valence-electron chi connectivity index (χ1n) is 17.1. The molecule has 1 N–H and O–H groups in total. The van der Waals surface area contributed by atoms with Crippen LogP contribution in [0.2, 0.25) is 0 Å². The van der Waals surface area contributed by atoms with Crippen LogP contribution in [0, 0.1) is 5.92 Å². The highest BCUT2D eigenvalue weighted by Gasteiger charge is 2.26. The molecule has 46 heavy (non-hydrogen) atoms. The molecule has 1 fully saturated rings. The van der Waals surface area contributed by atoms with Crippen LogP contribution >= 0.6 is 0 Å². The minimum absolute atomic E-state index is 0.0459. The van der Waals surface area contributed by atoms with E-state index in [1.807, 2.05) is 48.5 Å². The Morgan fingerprint density at radius 2 is 1.70 bits per heavy atom. The van der Waals surface area contributed by atoms with Crippen molar-refractivity contribution in [3.8, 4) is 17.0 Å². The molecule has 0 saturated heterocycles. The molecule has 1 aliphatic carbocycles. The lowest BCUT2D eigenvalue weighted by Crippen LogP contribution is -2.42. The van der Waals surface area contributed by atoms with Gasteiger partial charge in [-0.1, -0.05) is 45.4 Å². The van der Waals surface area contributed by atoms with E-state index in [1.165, 1.54) is 6.42 Å². The standard InChI is InChI=1S/C38H51N3O5/c1-5-41(6-2)24-12-13-27(3)25-36(42)34(22-23-37(43)46-30-14-8-7-9-15-30)40-38(44)32-26-35(28-18-20-29(45-4)21-19-28)39-33-17-11-10-16-31(32)33/h10-11,16-21,26-27,30,34H,5-9,12-15,22-25H2,1-4H3,(H,40,44). The van der Waals surface area contributed by atoms with Crippen LogP contribution in [0.3, 0.4) is 0 Å². The summed E-state index contributed by atoms with van der Waals surface area (Å²) in [4.78, 5) is 47.8. The van der Waals surface area contributed by atoms with Gasteiger partial charge in [0.1, 0.15) is 11.9 Å². The average Bonchev–Trinajstić information content (AvgIpc) is 3.08. The number of ketones is 1. The highest BCUT2D eigenvalue weighted by molar-refractivity contribution is 6.08. The van der Waals surface area contributed by atoms with E-state index in [0.717, 1.165) is 69.5 Å². The van der Waals surface area contributed by atoms with Gasteiger partial charge < -0.3 is 19.7 Å². The van der Waals surface area contributed by atoms with Crippen molar-refractivity contribution in [2.45, 2.75) is 97.1 Å². The summed E-state index contributed by atoms with van der Waals surface area (Å²) in [5, 5.41) is 3.73. The maximum absolute atomic E-state index is 14.0. The zero-order chi connectivity index (χ0) is 32.9. The molecule has 0 bridgehead atoms. The molecule has 2 unspecified atom stereocenters. The van der Waals surface area contributed by atoms with Gasteiger partial charge in [0.05, 0.1) is 29.9 Å². The van der Waals surface area contributed by atoms with Gasteiger partial charge in [-0.05, 0) is 107 Å². The van der Waals surface area contributed by atoms with Crippen molar-refractivity contribution in [2.75, 3.05) is 26.7 Å². The Kier molecular flexibility index (Phi) is 13.6. The molecule has 3 aromatic rings. The average molecular weight is 630 g/mol. The first-order valence-corrected chi connectivity index (χ1v) is 17.1. The highest BCUT2D eigenvalue weighted by Crippen LogP contribution is 2.27. The number of benzene rings is 2. The molecule has 1 aromatic heterocycles. The van der Waals surface area contributed by atoms with E-state index < -0.39 is 6.04 Å². The molecule has 1 heterocycles. The number of pyridine rings is 1. The smallest absolute Gasteiger partial charge is 0.306 e. The maximum atomic E-state index is 14.0. The Bertz CT molecular complexity index is 1430. The van der Waals surface area contributed by atoms with Crippen LogP contribution in [0.15, 0.2) is 54.6 Å². The van der Waals surface area contributed by atoms with Crippen molar-refractivity contribution in [3.05, 3.63) is 60.2 Å². The molecule has 0 aliphatic heterocycles. The van der Waals surface area contributed by atoms with E-state index >= 15 is 0 Å². The second-order valence-electron chi connectivity index (χ2n) is 12.6. The Morgan fingerprint density at radius 1 is 0.978 bits per heavy atom. The zero-order valence-corrected chi connectivity index (χ0v) is 28.1. The Labute approximate surface area is 274 Å². The Morgan fingerprint density at radius 3 is 2.39 bits per heavy atom. The first kappa shape index (κ1) is 35.1. The minimum Gasteiger partial charge on any atom is -0.497 e. The number of esters is 1. The number of carbonyl (C=O) groups is 3. The maximum Gasteiger partial charge on any atom is 0.306 e. The molecule has 1 saturated carbocycles. The third-order valence-corrected chi connectivity index (χ3v) is 9.14. The summed E-state index contributed by atoms with van der Waals surface area (Å²) < 4.78 is 11.0. The molecule has 2 atom stereocenters. The molecule has 4 rings (SSSR count). The molecular formula is C38H51N3O5. The number of para-hydroxylation sites is 1. The summed E-state index contributed by atoms with van der Waals surface area (Å²) in [6, 6.07) is 16.0. The van der Waals surface area contributed by atoms with E-state index in [2.05, 4.69) is 31.0 Å². The number of nitrogens with zero attached hydrogens (tertiary/aromatic N) is 2. The predicted octanol–water partition coefficient (Wildman–Crippen LogP) is 7.38. The number of hydrogen-bond acceptors (Lipinski definition) is 7. The number of amides is 1. The Balaban J connectivity index is 1.52. The summed E-state index contributed by atoms with van der Waals surface area (Å²) >= 11 is 0. The molecule has 1 aliphatic rings. The number of Topliss-reactive ketones (excluding diaryl/α,β-unsaturated/α-hetero) is 1. The van der Waals surface area contributed by atoms with Crippen molar-refractivity contribution in [2.24, 2.45) is 5.92 Å². The van der Waals surface area contributed by atoms with Crippen molar-refractivity contribution < 1.29 is 23.9 Å². The fraction of sp³-hybridized carbons (Fsp3) is 0.526. The van der Waals surface area contributed by atoms with Gasteiger partial charge in [-0.2, -0.15) is 0 Å². The van der Waals surface area contributed by atoms with Crippen molar-refractivity contribution >= 4 is 28.6 Å². The molecule has 8 heteroatoms. The SMILES string of the molecule is CCN(CC)CCCC(C)CC(=O)C(CCC(=O)OC1CCCCC1)NC(=O)c1cc(-c2ccc(OC)cc2)nc2ccccc12. The number of aromatic nitrogens is 1. The van der Waals surface area contributed by atoms with E-state index in [4.69, 9.17) is 14.5 Å². The lowest BCUT2D eigenvalue weighted by Gasteiger charge is -2.23. The summed E-state index contributed by atoms with van der Waals surface area (Å²) in [6.45, 7) is 9.44. The van der Waals surface area contributed by atoms with Crippen LogP contribution in [-0.4, -0.2) is 66.4 Å². The largest absolute Gasteiger partial charge is 0.497 e. The van der Waals surface area contributed by atoms with Gasteiger partial charge in [-0.3, -0.25) is 14.4 Å². The second kappa shape index (κ2) is 17.8. The normalized spacial score (nSPS) is 15.0. The molecule has 2 aromatic carbocycles. The summed E-state index contributed by atoms with van der Waals surface area (Å²) in [7, 11) is 1.62. The number of nitrogens with one attached hydrogen (secondary N) is 1. The number of fused-ring (bicyclic) bond motifs is 1. The lowest BCUT2D eigenvalue weighted by atomic mass is 9.93. The van der Waals surface area contributed by atoms with Crippen molar-refractivity contribution in [3.63, 3.8) is 0 Å². The quantitative estimate of drug-likeness (QED) is 0.156. The van der Waals surface area contributed by atoms with Crippen LogP contribution < -0.4 is 10.1 Å². The lowest BCUT2D eigenvalue weighted by molar-refractivity contribution is -0.150. The van der Waals surface area contributed by atoms with Gasteiger partial charge in [0.2, 0.25) is 0 Å². The van der Waals surface area contributed by atoms with Crippen LogP contribution in [-0.2, 0) is 14.3 Å². The van der Waals surface area contributed by atoms with Crippen LogP contribution in [0.25, 0.3) is 22.2 Å². The summed E-state index contributed by atoms with van der Waals surface area (Å²) in [6.07, 6.45) is 7.61. The van der Waals surface area contributed by atoms with Crippen LogP contribution in [0.1, 0.15) is 95.3 Å². The van der Waals surface area contributed by atoms with Gasteiger partial charge >= 0.3 is 5.97 Å². The van der Waals surface area contributed by atoms with E-state index in [-0.39, 0.29) is 42.5 Å². The van der Waals surface area contributed by atoms with Gasteiger partial charge in [0.15, 0.2) is 5.78 Å². The summed E-state index contributed by atoms with van der Waals surface area (Å²) in [5.74, 6) is 0.181. The minimum atomic E-state index is -0.798. The van der Waals surface area contributed by atoms with Crippen LogP contribution in [0.4, 0.5) is 0 Å². The first-order chi connectivity index (χ1) is 22.3. The fourth-order valence-electron chi connectivity index (χ4n) is 6.30. The fourth-order valence-corrected chi connectivity index (χ4v) is 6.30. The number of ether oxygens (including phenoxy) is 2. The number of hydrogen-bond donors (Lipinski definition) is 1. The Hall–Kier alpha value is -3.78. The monoisotopic (exact) mass is 629 g/mol. The van der Waals surface area contributed by atoms with Gasteiger partial charge in [-0.25, -0.2) is 4.98 Å². The van der Waals surface area contributed by atoms with E-state index in [9.17, 15) is 14.4 Å². The molecule has 0 spiro atoms. The van der Waals surface area contributed by atoms with Crippen LogP contribution in [0.5, 0.6) is 5.75 Å². The van der Waals surface area contributed by atoms with Crippen molar-refractivity contribution in [1.82, 2.24) is 15.2 Å². The number of carbonyl (C=O) groups excluding carboxylic acids is 3. The van der Waals surface area contributed by atoms with Gasteiger partial charge in [-0.15, -0.1) is 0 Å². The molecule has 0 radical (unpaired) electrons. The van der Waals surface area contributed by atoms with Crippen molar-refractivity contribution in [1.29, 1.82) is 0 Å².